The number of hydrogen-bond acceptors (Lipinski definition) is 9. The molecule has 2 fully saturated rings. The summed E-state index contributed by atoms with van der Waals surface area (Å²) in [5, 5.41) is -0.246. The Morgan fingerprint density at radius 1 is 1.02 bits per heavy atom. The van der Waals surface area contributed by atoms with Gasteiger partial charge in [0.25, 0.3) is 0 Å². The fourth-order valence-electron chi connectivity index (χ4n) is 4.81. The number of aliphatic imine (C=N–C) groups is 1. The summed E-state index contributed by atoms with van der Waals surface area (Å²) in [6, 6.07) is 8.74. The molecule has 2 unspecified atom stereocenters. The molecule has 10 nitrogen and oxygen atoms in total. The number of nitrogens with zero attached hydrogens (tertiary/aromatic N) is 2. The molecule has 2 aromatic carbocycles. The summed E-state index contributed by atoms with van der Waals surface area (Å²) < 4.78 is 77.2. The van der Waals surface area contributed by atoms with E-state index in [9.17, 15) is 22.0 Å². The third-order valence-corrected chi connectivity index (χ3v) is 9.99. The number of benzene rings is 2. The van der Waals surface area contributed by atoms with Crippen LogP contribution >= 0.6 is 23.2 Å². The van der Waals surface area contributed by atoms with Gasteiger partial charge in [0, 0.05) is 19.2 Å². The average molecular weight is 731 g/mol. The molecule has 15 heteroatoms. The number of hydrogen-bond donors (Lipinski definition) is 1. The highest BCUT2D eigenvalue weighted by Gasteiger charge is 2.29. The number of anilines is 1. The van der Waals surface area contributed by atoms with Crippen molar-refractivity contribution in [3.63, 3.8) is 0 Å². The fourth-order valence-corrected chi connectivity index (χ4v) is 6.64. The van der Waals surface area contributed by atoms with E-state index in [4.69, 9.17) is 42.1 Å². The van der Waals surface area contributed by atoms with Crippen LogP contribution in [-0.2, 0) is 14.8 Å². The lowest BCUT2D eigenvalue weighted by Crippen LogP contribution is -2.26. The molecule has 0 bridgehead atoms. The number of halogens is 4. The summed E-state index contributed by atoms with van der Waals surface area (Å²) in [4.78, 5) is 19.7. The second-order valence-electron chi connectivity index (χ2n) is 12.5. The van der Waals surface area contributed by atoms with E-state index >= 15 is 0 Å². The first kappa shape index (κ1) is 36.2. The molecule has 2 atom stereocenters. The minimum atomic E-state index is -3.71. The SMILES string of the molecule is CN(C)CCS(=O)(=O)Nc1ccc(C(=O)OC(CC2=C(Cl)C=NCC2Cl)c2ccc(OC(F)F)c(OCC3CC3)c2)cc1OCC1CC1. The normalized spacial score (nSPS) is 18.6. The van der Waals surface area contributed by atoms with Crippen molar-refractivity contribution in [3.05, 3.63) is 58.1 Å². The molecule has 0 saturated heterocycles. The number of nitrogens with one attached hydrogen (secondary N) is 1. The lowest BCUT2D eigenvalue weighted by atomic mass is 9.97. The Kier molecular flexibility index (Phi) is 12.1. The molecule has 2 aliphatic carbocycles. The van der Waals surface area contributed by atoms with E-state index < -0.39 is 34.1 Å². The topological polar surface area (TPSA) is 116 Å². The van der Waals surface area contributed by atoms with Crippen molar-refractivity contribution in [1.82, 2.24) is 4.90 Å². The Labute approximate surface area is 289 Å². The van der Waals surface area contributed by atoms with E-state index in [1.54, 1.807) is 19.0 Å². The molecule has 0 aromatic heterocycles. The Hall–Kier alpha value is -3.13. The minimum Gasteiger partial charge on any atom is -0.491 e. The molecular weight excluding hydrogens is 691 g/mol. The molecule has 48 heavy (non-hydrogen) atoms. The van der Waals surface area contributed by atoms with E-state index in [2.05, 4.69) is 9.71 Å². The number of sulfonamides is 1. The third-order valence-electron chi connectivity index (χ3n) is 8.00. The molecule has 0 spiro atoms. The van der Waals surface area contributed by atoms with Gasteiger partial charge in [-0.2, -0.15) is 8.78 Å². The first-order valence-electron chi connectivity index (χ1n) is 15.7. The van der Waals surface area contributed by atoms with Gasteiger partial charge in [0.1, 0.15) is 11.9 Å². The number of carbonyl (C=O) groups is 1. The van der Waals surface area contributed by atoms with Gasteiger partial charge >= 0.3 is 12.6 Å². The van der Waals surface area contributed by atoms with Crippen LogP contribution in [0.1, 0.15) is 54.1 Å². The molecule has 262 valence electrons. The standard InChI is InChI=1S/C33H39Cl2F2N3O7S/c1-40(2)11-12-48(42,43)39-27-9-7-23(14-30(27)44-18-20-3-4-20)32(41)46-29(15-24-25(34)16-38-17-26(24)35)22-8-10-28(47-33(36)37)31(13-22)45-19-21-5-6-21/h7-10,13-14,16,20-21,26,29,33,39H,3-6,11-12,15,17-19H2,1-2H3. The van der Waals surface area contributed by atoms with E-state index in [0.717, 1.165) is 25.7 Å². The molecular formula is C33H39Cl2F2N3O7S. The van der Waals surface area contributed by atoms with Gasteiger partial charge in [-0.1, -0.05) is 17.7 Å². The Bertz CT molecular complexity index is 1630. The van der Waals surface area contributed by atoms with Crippen LogP contribution in [0.2, 0.25) is 0 Å². The minimum absolute atomic E-state index is 0.0800. The van der Waals surface area contributed by atoms with Crippen molar-refractivity contribution >= 4 is 51.1 Å². The highest BCUT2D eigenvalue weighted by molar-refractivity contribution is 7.92. The first-order valence-corrected chi connectivity index (χ1v) is 18.2. The van der Waals surface area contributed by atoms with Gasteiger partial charge < -0.3 is 23.8 Å². The average Bonchev–Trinajstić information content (AvgIpc) is 3.96. The van der Waals surface area contributed by atoms with Crippen LogP contribution in [-0.4, -0.2) is 83.6 Å². The van der Waals surface area contributed by atoms with Gasteiger partial charge in [0.15, 0.2) is 11.5 Å². The van der Waals surface area contributed by atoms with Crippen LogP contribution in [0.5, 0.6) is 17.2 Å². The molecule has 1 aliphatic heterocycles. The first-order chi connectivity index (χ1) is 22.9. The monoisotopic (exact) mass is 729 g/mol. The second kappa shape index (κ2) is 16.1. The van der Waals surface area contributed by atoms with Crippen molar-refractivity contribution in [3.8, 4) is 17.2 Å². The number of dihydropyridines is 1. The van der Waals surface area contributed by atoms with Crippen LogP contribution in [0.4, 0.5) is 14.5 Å². The zero-order valence-corrected chi connectivity index (χ0v) is 29.0. The zero-order valence-electron chi connectivity index (χ0n) is 26.7. The van der Waals surface area contributed by atoms with Crippen molar-refractivity contribution < 1.29 is 40.9 Å². The van der Waals surface area contributed by atoms with Crippen molar-refractivity contribution in [2.75, 3.05) is 50.9 Å². The van der Waals surface area contributed by atoms with Crippen molar-refractivity contribution in [1.29, 1.82) is 0 Å². The molecule has 1 heterocycles. The fraction of sp³-hybridized carbons (Fsp3) is 0.515. The molecule has 2 aromatic rings. The zero-order chi connectivity index (χ0) is 34.4. The number of allylic oxidation sites excluding steroid dienone is 1. The molecule has 2 saturated carbocycles. The summed E-state index contributed by atoms with van der Waals surface area (Å²) in [6.07, 6.45) is 4.57. The number of ether oxygens (including phenoxy) is 4. The Morgan fingerprint density at radius 3 is 2.33 bits per heavy atom. The summed E-state index contributed by atoms with van der Waals surface area (Å²) in [7, 11) is -0.153. The number of esters is 1. The highest BCUT2D eigenvalue weighted by atomic mass is 35.5. The maximum atomic E-state index is 13.7. The van der Waals surface area contributed by atoms with E-state index in [1.807, 2.05) is 0 Å². The van der Waals surface area contributed by atoms with E-state index in [-0.39, 0.29) is 47.2 Å². The predicted octanol–water partition coefficient (Wildman–Crippen LogP) is 6.64. The van der Waals surface area contributed by atoms with Gasteiger partial charge in [0.2, 0.25) is 10.0 Å². The Morgan fingerprint density at radius 2 is 1.71 bits per heavy atom. The van der Waals surface area contributed by atoms with Crippen molar-refractivity contribution in [2.45, 2.75) is 50.2 Å². The van der Waals surface area contributed by atoms with E-state index in [1.165, 1.54) is 42.6 Å². The summed E-state index contributed by atoms with van der Waals surface area (Å²) in [5.41, 5.74) is 1.35. The molecule has 0 radical (unpaired) electrons. The molecule has 3 aliphatic rings. The van der Waals surface area contributed by atoms with Gasteiger partial charge in [-0.25, -0.2) is 13.2 Å². The van der Waals surface area contributed by atoms with Crippen LogP contribution in [0.15, 0.2) is 52.0 Å². The number of carbonyl (C=O) groups excluding carboxylic acids is 1. The maximum Gasteiger partial charge on any atom is 0.387 e. The number of rotatable bonds is 18. The van der Waals surface area contributed by atoms with Gasteiger partial charge in [-0.15, -0.1) is 11.6 Å². The van der Waals surface area contributed by atoms with Gasteiger partial charge in [-0.3, -0.25) is 9.71 Å². The van der Waals surface area contributed by atoms with Crippen LogP contribution in [0.3, 0.4) is 0 Å². The van der Waals surface area contributed by atoms with Gasteiger partial charge in [-0.05, 0) is 93.1 Å². The largest absolute Gasteiger partial charge is 0.491 e. The lowest BCUT2D eigenvalue weighted by Gasteiger charge is -2.25. The number of alkyl halides is 3. The van der Waals surface area contributed by atoms with Crippen LogP contribution < -0.4 is 18.9 Å². The van der Waals surface area contributed by atoms with Crippen molar-refractivity contribution in [2.24, 2.45) is 16.8 Å². The second-order valence-corrected chi connectivity index (χ2v) is 15.2. The maximum absolute atomic E-state index is 13.7. The molecule has 5 rings (SSSR count). The smallest absolute Gasteiger partial charge is 0.387 e. The van der Waals surface area contributed by atoms with Crippen LogP contribution in [0, 0.1) is 11.8 Å². The van der Waals surface area contributed by atoms with E-state index in [0.29, 0.717) is 47.8 Å². The predicted molar refractivity (Wildman–Crippen MR) is 181 cm³/mol. The quantitative estimate of drug-likeness (QED) is 0.134. The Balaban J connectivity index is 1.43. The summed E-state index contributed by atoms with van der Waals surface area (Å²) in [5.74, 6) is -0.0308. The van der Waals surface area contributed by atoms with Gasteiger partial charge in [0.05, 0.1) is 47.2 Å². The highest BCUT2D eigenvalue weighted by Crippen LogP contribution is 2.40. The third kappa shape index (κ3) is 10.7. The molecule has 1 N–H and O–H groups in total. The summed E-state index contributed by atoms with van der Waals surface area (Å²) in [6.45, 7) is -1.77. The van der Waals surface area contributed by atoms with Crippen LogP contribution in [0.25, 0.3) is 0 Å². The lowest BCUT2D eigenvalue weighted by molar-refractivity contribution is -0.0515. The summed E-state index contributed by atoms with van der Waals surface area (Å²) >= 11 is 13.0. The molecule has 0 amide bonds.